The van der Waals surface area contributed by atoms with Crippen LogP contribution in [0.4, 0.5) is 4.79 Å². The largest absolute Gasteiger partial charge is 0.444 e. The zero-order valence-corrected chi connectivity index (χ0v) is 18.6. The third-order valence-electron chi connectivity index (χ3n) is 5.00. The summed E-state index contributed by atoms with van der Waals surface area (Å²) in [6.45, 7) is 7.88. The number of aryl methyl sites for hydroxylation is 1. The van der Waals surface area contributed by atoms with Crippen molar-refractivity contribution in [2.24, 2.45) is 0 Å². The van der Waals surface area contributed by atoms with Gasteiger partial charge in [-0.1, -0.05) is 49.4 Å². The second kappa shape index (κ2) is 9.69. The van der Waals surface area contributed by atoms with Gasteiger partial charge in [0.25, 0.3) is 0 Å². The predicted octanol–water partition coefficient (Wildman–Crippen LogP) is 4.48. The van der Waals surface area contributed by atoms with Crippen molar-refractivity contribution in [3.8, 4) is 0 Å². The summed E-state index contributed by atoms with van der Waals surface area (Å²) < 4.78 is 5.38. The molecule has 0 fully saturated rings. The van der Waals surface area contributed by atoms with Gasteiger partial charge in [-0.15, -0.1) is 0 Å². The van der Waals surface area contributed by atoms with Crippen LogP contribution < -0.4 is 10.6 Å². The summed E-state index contributed by atoms with van der Waals surface area (Å²) >= 11 is 0. The Bertz CT molecular complexity index is 1030. The average Bonchev–Trinajstić information content (AvgIpc) is 3.13. The fourth-order valence-electron chi connectivity index (χ4n) is 3.38. The number of hydrogen-bond acceptors (Lipinski definition) is 3. The van der Waals surface area contributed by atoms with Crippen molar-refractivity contribution in [2.45, 2.75) is 58.7 Å². The molecule has 0 aliphatic heterocycles. The number of H-pyrrole nitrogens is 1. The van der Waals surface area contributed by atoms with Crippen LogP contribution in [0.5, 0.6) is 0 Å². The van der Waals surface area contributed by atoms with Crippen molar-refractivity contribution in [3.63, 3.8) is 0 Å². The van der Waals surface area contributed by atoms with Gasteiger partial charge < -0.3 is 20.4 Å². The number of carbonyl (C=O) groups is 2. The van der Waals surface area contributed by atoms with Crippen LogP contribution in [-0.4, -0.2) is 28.6 Å². The number of ether oxygens (including phenoxy) is 1. The molecule has 6 nitrogen and oxygen atoms in total. The van der Waals surface area contributed by atoms with Gasteiger partial charge in [0, 0.05) is 30.1 Å². The third kappa shape index (κ3) is 6.35. The maximum atomic E-state index is 13.0. The molecule has 3 N–H and O–H groups in total. The molecule has 0 saturated heterocycles. The normalized spacial score (nSPS) is 12.4. The minimum Gasteiger partial charge on any atom is -0.444 e. The van der Waals surface area contributed by atoms with Crippen LogP contribution >= 0.6 is 0 Å². The lowest BCUT2D eigenvalue weighted by molar-refractivity contribution is -0.123. The predicted molar refractivity (Wildman–Crippen MR) is 123 cm³/mol. The number of carbonyl (C=O) groups excluding carboxylic acids is 2. The van der Waals surface area contributed by atoms with Gasteiger partial charge in [-0.3, -0.25) is 4.79 Å². The van der Waals surface area contributed by atoms with E-state index in [1.807, 2.05) is 42.6 Å². The maximum absolute atomic E-state index is 13.0. The fourth-order valence-corrected chi connectivity index (χ4v) is 3.38. The number of aromatic nitrogens is 1. The van der Waals surface area contributed by atoms with Gasteiger partial charge in [0.2, 0.25) is 5.91 Å². The van der Waals surface area contributed by atoms with Crippen LogP contribution in [0.1, 0.15) is 44.4 Å². The first-order chi connectivity index (χ1) is 14.7. The summed E-state index contributed by atoms with van der Waals surface area (Å²) in [4.78, 5) is 28.6. The number of nitrogens with one attached hydrogen (secondary N) is 3. The number of benzene rings is 2. The zero-order valence-electron chi connectivity index (χ0n) is 18.6. The Morgan fingerprint density at radius 2 is 1.71 bits per heavy atom. The maximum Gasteiger partial charge on any atom is 0.408 e. The van der Waals surface area contributed by atoms with Gasteiger partial charge in [-0.2, -0.15) is 0 Å². The van der Waals surface area contributed by atoms with Crippen LogP contribution in [0.25, 0.3) is 10.9 Å². The molecule has 0 bridgehead atoms. The van der Waals surface area contributed by atoms with Gasteiger partial charge >= 0.3 is 6.09 Å². The lowest BCUT2D eigenvalue weighted by Crippen LogP contribution is -2.49. The van der Waals surface area contributed by atoms with E-state index in [1.54, 1.807) is 20.8 Å². The standard InChI is InChI=1S/C25H31N3O3/c1-5-17-10-12-18(13-11-17)15-27-23(29)22(28-24(30)31-25(2,3)4)14-19-16-26-21-9-7-6-8-20(19)21/h6-13,16,22,26H,5,14-15H2,1-4H3,(H,27,29)(H,28,30)/t22-/m1/s1. The molecular formula is C25H31N3O3. The van der Waals surface area contributed by atoms with Gasteiger partial charge in [-0.25, -0.2) is 4.79 Å². The van der Waals surface area contributed by atoms with E-state index in [4.69, 9.17) is 4.74 Å². The molecule has 2 amide bonds. The highest BCUT2D eigenvalue weighted by atomic mass is 16.6. The van der Waals surface area contributed by atoms with Crippen LogP contribution in [0.2, 0.25) is 0 Å². The lowest BCUT2D eigenvalue weighted by Gasteiger charge is -2.23. The van der Waals surface area contributed by atoms with Crippen molar-refractivity contribution < 1.29 is 14.3 Å². The van der Waals surface area contributed by atoms with Crippen molar-refractivity contribution in [2.75, 3.05) is 0 Å². The van der Waals surface area contributed by atoms with Gasteiger partial charge in [-0.05, 0) is 49.9 Å². The summed E-state index contributed by atoms with van der Waals surface area (Å²) in [5.41, 5.74) is 3.56. The van der Waals surface area contributed by atoms with Crippen molar-refractivity contribution >= 4 is 22.9 Å². The average molecular weight is 422 g/mol. The summed E-state index contributed by atoms with van der Waals surface area (Å²) in [5.74, 6) is -0.254. The number of alkyl carbamates (subject to hydrolysis) is 1. The van der Waals surface area contributed by atoms with Gasteiger partial charge in [0.05, 0.1) is 0 Å². The molecule has 3 aromatic rings. The molecule has 0 radical (unpaired) electrons. The monoisotopic (exact) mass is 421 g/mol. The molecule has 0 aliphatic rings. The second-order valence-corrected chi connectivity index (χ2v) is 8.65. The van der Waals surface area contributed by atoms with E-state index >= 15 is 0 Å². The van der Waals surface area contributed by atoms with Crippen molar-refractivity contribution in [1.29, 1.82) is 0 Å². The number of hydrogen-bond donors (Lipinski definition) is 3. The smallest absolute Gasteiger partial charge is 0.408 e. The Labute approximate surface area is 183 Å². The lowest BCUT2D eigenvalue weighted by atomic mass is 10.0. The summed E-state index contributed by atoms with van der Waals surface area (Å²) in [6.07, 6.45) is 2.59. The first-order valence-electron chi connectivity index (χ1n) is 10.6. The highest BCUT2D eigenvalue weighted by molar-refractivity contribution is 5.88. The van der Waals surface area contributed by atoms with Gasteiger partial charge in [0.15, 0.2) is 0 Å². The fraction of sp³-hybridized carbons (Fsp3) is 0.360. The third-order valence-corrected chi connectivity index (χ3v) is 5.00. The Morgan fingerprint density at radius 3 is 2.39 bits per heavy atom. The van der Waals surface area contributed by atoms with E-state index in [1.165, 1.54) is 5.56 Å². The van der Waals surface area contributed by atoms with Crippen LogP contribution in [0, 0.1) is 0 Å². The quantitative estimate of drug-likeness (QED) is 0.526. The highest BCUT2D eigenvalue weighted by Gasteiger charge is 2.25. The van der Waals surface area contributed by atoms with Crippen LogP contribution in [-0.2, 0) is 28.9 Å². The number of rotatable bonds is 7. The van der Waals surface area contributed by atoms with E-state index in [9.17, 15) is 9.59 Å². The molecule has 6 heteroatoms. The molecular weight excluding hydrogens is 390 g/mol. The number of amides is 2. The van der Waals surface area contributed by atoms with E-state index in [2.05, 4.69) is 34.7 Å². The Kier molecular flexibility index (Phi) is 7.00. The second-order valence-electron chi connectivity index (χ2n) is 8.65. The molecule has 1 atom stereocenters. The van der Waals surface area contributed by atoms with E-state index < -0.39 is 17.7 Å². The highest BCUT2D eigenvalue weighted by Crippen LogP contribution is 2.19. The van der Waals surface area contributed by atoms with Crippen molar-refractivity contribution in [1.82, 2.24) is 15.6 Å². The molecule has 31 heavy (non-hydrogen) atoms. The van der Waals surface area contributed by atoms with Crippen LogP contribution in [0.3, 0.4) is 0 Å². The van der Waals surface area contributed by atoms with E-state index in [0.717, 1.165) is 28.5 Å². The molecule has 0 spiro atoms. The molecule has 0 saturated carbocycles. The summed E-state index contributed by atoms with van der Waals surface area (Å²) in [5, 5.41) is 6.72. The van der Waals surface area contributed by atoms with E-state index in [0.29, 0.717) is 13.0 Å². The molecule has 0 aliphatic carbocycles. The van der Waals surface area contributed by atoms with Gasteiger partial charge in [0.1, 0.15) is 11.6 Å². The molecule has 0 unspecified atom stereocenters. The molecule has 3 rings (SSSR count). The number of aromatic amines is 1. The molecule has 2 aromatic carbocycles. The Hall–Kier alpha value is -3.28. The minimum atomic E-state index is -0.760. The summed E-state index contributed by atoms with van der Waals surface area (Å²) in [6, 6.07) is 15.3. The molecule has 164 valence electrons. The Balaban J connectivity index is 1.73. The first-order valence-corrected chi connectivity index (χ1v) is 10.6. The molecule has 1 aromatic heterocycles. The van der Waals surface area contributed by atoms with E-state index in [-0.39, 0.29) is 5.91 Å². The Morgan fingerprint density at radius 1 is 1.03 bits per heavy atom. The summed E-state index contributed by atoms with van der Waals surface area (Å²) in [7, 11) is 0. The number of para-hydroxylation sites is 1. The molecule has 1 heterocycles. The number of fused-ring (bicyclic) bond motifs is 1. The van der Waals surface area contributed by atoms with Crippen LogP contribution in [0.15, 0.2) is 54.7 Å². The topological polar surface area (TPSA) is 83.2 Å². The SMILES string of the molecule is CCc1ccc(CNC(=O)[C@@H](Cc2c[nH]c3ccccc23)NC(=O)OC(C)(C)C)cc1. The minimum absolute atomic E-state index is 0.254. The first kappa shape index (κ1) is 22.4. The zero-order chi connectivity index (χ0) is 22.4. The van der Waals surface area contributed by atoms with Crippen molar-refractivity contribution in [3.05, 3.63) is 71.4 Å².